The average molecular weight is 1920 g/mol. The van der Waals surface area contributed by atoms with Crippen LogP contribution in [0.25, 0.3) is 101 Å². The molecule has 0 amide bonds. The maximum atomic E-state index is 14.3. The summed E-state index contributed by atoms with van der Waals surface area (Å²) in [6, 6.07) is 41.7. The molecule has 0 aliphatic carbocycles. The predicted molar refractivity (Wildman–Crippen MR) is 483 cm³/mol. The summed E-state index contributed by atoms with van der Waals surface area (Å²) < 4.78 is 178. The van der Waals surface area contributed by atoms with Crippen LogP contribution in [0.1, 0.15) is 91.9 Å². The number of aromatic carboxylic acids is 2. The van der Waals surface area contributed by atoms with Crippen molar-refractivity contribution in [3.63, 3.8) is 0 Å². The van der Waals surface area contributed by atoms with E-state index in [0.29, 0.717) is 89.8 Å². The van der Waals surface area contributed by atoms with Gasteiger partial charge in [-0.05, 0) is 210 Å². The number of alkyl halides is 3. The molecule has 18 rings (SSSR count). The fourth-order valence-electron chi connectivity index (χ4n) is 13.7. The largest absolute Gasteiger partial charge is 0.573 e. The van der Waals surface area contributed by atoms with Crippen LogP contribution in [-0.4, -0.2) is 130 Å². The van der Waals surface area contributed by atoms with E-state index in [-0.39, 0.29) is 56.6 Å². The molecule has 25 nitrogen and oxygen atoms in total. The number of carboxylic acids is 2. The van der Waals surface area contributed by atoms with Gasteiger partial charge in [0.25, 0.3) is 0 Å². The first-order chi connectivity index (χ1) is 63.8. The number of carboxylic acid groups (broad SMARTS) is 2. The number of aromatic nitrogens is 12. The molecule has 39 heteroatoms. The van der Waals surface area contributed by atoms with Crippen molar-refractivity contribution in [1.82, 2.24) is 57.5 Å². The Bertz CT molecular complexity index is 7090. The molecule has 5 aromatic carbocycles. The van der Waals surface area contributed by atoms with Gasteiger partial charge in [-0.3, -0.25) is 37.5 Å². The van der Waals surface area contributed by atoms with Crippen molar-refractivity contribution < 1.29 is 101 Å². The number of fused-ring (bicyclic) bond motifs is 4. The van der Waals surface area contributed by atoms with Crippen molar-refractivity contribution in [3.8, 4) is 84.7 Å². The zero-order valence-electron chi connectivity index (χ0n) is 72.2. The minimum absolute atomic E-state index is 0.0420. The lowest BCUT2D eigenvalue weighted by molar-refractivity contribution is -0.274. The van der Waals surface area contributed by atoms with Crippen molar-refractivity contribution in [3.05, 3.63) is 340 Å². The van der Waals surface area contributed by atoms with Crippen molar-refractivity contribution in [2.75, 3.05) is 20.0 Å². The molecule has 17 aromatic rings. The van der Waals surface area contributed by atoms with Crippen LogP contribution in [0.4, 0.5) is 54.0 Å². The summed E-state index contributed by atoms with van der Waals surface area (Å²) in [5.74, 6) is -9.61. The van der Waals surface area contributed by atoms with Crippen molar-refractivity contribution in [2.24, 2.45) is 5.25 Å². The number of rotatable bonds is 13. The monoisotopic (exact) mass is 1920 g/mol. The van der Waals surface area contributed by atoms with Gasteiger partial charge in [-0.1, -0.05) is 42.5 Å². The number of halogens is 13. The number of nitrogen functional groups attached to an aromatic ring is 1. The van der Waals surface area contributed by atoms with E-state index in [9.17, 15) is 77.7 Å². The molecule has 6 N–H and O–H groups in total. The van der Waals surface area contributed by atoms with E-state index in [0.717, 1.165) is 57.4 Å². The molecule has 13 heterocycles. The van der Waals surface area contributed by atoms with Gasteiger partial charge < -0.3 is 39.5 Å². The zero-order valence-corrected chi connectivity index (χ0v) is 74.5. The number of carbonyl (C=O) groups excluding carboxylic acids is 2. The Hall–Kier alpha value is -15.1. The summed E-state index contributed by atoms with van der Waals surface area (Å²) in [5.41, 5.74) is 15.5. The third-order valence-electron chi connectivity index (χ3n) is 21.2. The van der Waals surface area contributed by atoms with Crippen molar-refractivity contribution in [2.45, 2.75) is 73.0 Å². The Morgan fingerprint density at radius 2 is 0.694 bits per heavy atom. The Balaban J connectivity index is 0.000000147. The van der Waals surface area contributed by atoms with E-state index in [1.807, 2.05) is 39.8 Å². The Kier molecular flexibility index (Phi) is 30.4. The van der Waals surface area contributed by atoms with E-state index >= 15 is 0 Å². The Morgan fingerprint density at radius 1 is 0.403 bits per heavy atom. The number of carbonyl (C=O) groups is 4. The first-order valence-corrected chi connectivity index (χ1v) is 41.0. The summed E-state index contributed by atoms with van der Waals surface area (Å²) in [4.78, 5) is 80.2. The highest BCUT2D eigenvalue weighted by Gasteiger charge is 2.52. The predicted octanol–water partition coefficient (Wildman–Crippen LogP) is 20.9. The standard InChI is InChI=1S/C21H15F2N3O2.2C20H13F2N3O2.C14H20BNO4.C13H7BrF2N2.C7H6F3NO.ClH2N/c1-12-16(21(27)28-2)9-13(10-24-12)14-6-4-8-26-18(14)11-25-20(26)15-5-3-7-17(22)19(15)23;2*1-11-15(20(26)27)8-12(9-23-11)13-5-3-7-25-17(13)10-24-19(25)14-4-2-6-16(21)18(14)22;1-9-11(12(17)18-6)7-10(8-16-9)15-19-13(2,3)14(4,5)20-15;14-9-4-2-6-18-11(9)7-17-13(18)8-3-1-5-10(15)12(8)16;8-7(9,10)12-6-3-1-5(11)2-4-6;1-2/h3-11H,1-2H3;2*2-10H,1H3,(H,26,27);7-8H,1-6H3;1-7H;1-4H,11H2;2H2. The second-order valence-electron chi connectivity index (χ2n) is 30.1. The molecular formula is C95H76BBrClF11N14O11. The number of hydrogen-bond acceptors (Lipinski definition) is 19. The second kappa shape index (κ2) is 41.5. The smallest absolute Gasteiger partial charge is 0.478 e. The molecule has 0 radical (unpaired) electrons. The van der Waals surface area contributed by atoms with Gasteiger partial charge in [0.05, 0.1) is 140 Å². The topological polar surface area (TPSA) is 328 Å². The number of anilines is 1. The molecule has 1 fully saturated rings. The number of esters is 2. The zero-order chi connectivity index (χ0) is 97.1. The maximum absolute atomic E-state index is 14.3. The van der Waals surface area contributed by atoms with Gasteiger partial charge in [-0.25, -0.2) is 79.5 Å². The first-order valence-electron chi connectivity index (χ1n) is 39.8. The Labute approximate surface area is 769 Å². The maximum Gasteiger partial charge on any atom is 0.573 e. The molecular weight excluding hydrogens is 1850 g/mol. The molecule has 0 bridgehead atoms. The van der Waals surface area contributed by atoms with Gasteiger partial charge >= 0.3 is 37.4 Å². The van der Waals surface area contributed by atoms with Gasteiger partial charge in [-0.2, -0.15) is 0 Å². The van der Waals surface area contributed by atoms with E-state index < -0.39 is 95.1 Å². The number of aryl methyl sites for hydroxylation is 4. The highest BCUT2D eigenvalue weighted by molar-refractivity contribution is 9.10. The molecule has 1 saturated heterocycles. The molecule has 0 saturated carbocycles. The van der Waals surface area contributed by atoms with Crippen LogP contribution in [0.15, 0.2) is 249 Å². The summed E-state index contributed by atoms with van der Waals surface area (Å²) in [6.45, 7) is 14.7. The summed E-state index contributed by atoms with van der Waals surface area (Å²) >= 11 is 7.53. The lowest BCUT2D eigenvalue weighted by atomic mass is 9.79. The van der Waals surface area contributed by atoms with Gasteiger partial charge in [0.15, 0.2) is 46.5 Å². The number of pyridine rings is 8. The molecule has 0 spiro atoms. The van der Waals surface area contributed by atoms with Crippen LogP contribution in [0.2, 0.25) is 0 Å². The molecule has 12 aromatic heterocycles. The molecule has 686 valence electrons. The average Bonchev–Trinajstić information content (AvgIpc) is 1.62. The van der Waals surface area contributed by atoms with E-state index in [1.54, 1.807) is 156 Å². The number of nitrogens with two attached hydrogens (primary N) is 2. The highest BCUT2D eigenvalue weighted by atomic mass is 79.9. The van der Waals surface area contributed by atoms with Crippen molar-refractivity contribution in [1.29, 1.82) is 0 Å². The third-order valence-corrected chi connectivity index (χ3v) is 21.9. The molecule has 0 atom stereocenters. The number of hydrogen-bond donors (Lipinski definition) is 4. The fraction of sp³-hybridized carbons (Fsp3) is 0.137. The van der Waals surface area contributed by atoms with E-state index in [1.165, 1.54) is 99.4 Å². The van der Waals surface area contributed by atoms with Gasteiger partial charge in [0, 0.05) is 98.6 Å². The SMILES string of the molecule is COC(=O)c1cc(-c2cccn3c(-c4cccc(F)c4F)ncc23)cnc1C.COC(=O)c1cc(B2OC(C)(C)C(C)(C)O2)cnc1C.Cc1ncc(-c2cccn3c(-c4cccc(F)c4F)ncc23)cc1C(=O)O.Cc1ncc(-c2cccn3c(-c4cccc(F)c4F)ncc23)cc1C(=O)O.Fc1cccc(-c2ncc3c(Br)cccn23)c1F.NCl.Nc1ccc(OC(F)(F)F)cc1. The van der Waals surface area contributed by atoms with Crippen LogP contribution in [0.5, 0.6) is 5.75 Å². The lowest BCUT2D eigenvalue weighted by Gasteiger charge is -2.32. The second-order valence-corrected chi connectivity index (χ2v) is 31.0. The fourth-order valence-corrected chi connectivity index (χ4v) is 14.2. The molecule has 0 unspecified atom stereocenters. The number of ether oxygens (including phenoxy) is 3. The van der Waals surface area contributed by atoms with Gasteiger partial charge in [-0.15, -0.1) is 13.2 Å². The quantitative estimate of drug-likeness (QED) is 0.0274. The molecule has 134 heavy (non-hydrogen) atoms. The van der Waals surface area contributed by atoms with E-state index in [4.69, 9.17) is 24.5 Å². The summed E-state index contributed by atoms with van der Waals surface area (Å²) in [7, 11) is 2.13. The van der Waals surface area contributed by atoms with E-state index in [2.05, 4.69) is 77.6 Å². The minimum atomic E-state index is -4.64. The normalized spacial score (nSPS) is 12.3. The number of methoxy groups -OCH3 is 2. The summed E-state index contributed by atoms with van der Waals surface area (Å²) in [5, 5.41) is 22.6. The van der Waals surface area contributed by atoms with Gasteiger partial charge in [0.2, 0.25) is 0 Å². The van der Waals surface area contributed by atoms with Crippen LogP contribution in [0.3, 0.4) is 0 Å². The minimum Gasteiger partial charge on any atom is -0.478 e. The van der Waals surface area contributed by atoms with Crippen LogP contribution in [0, 0.1) is 74.2 Å². The number of benzene rings is 5. The summed E-state index contributed by atoms with van der Waals surface area (Å²) in [6.07, 6.45) is 14.9. The molecule has 1 aliphatic rings. The first kappa shape index (κ1) is 97.9. The number of nitrogens with zero attached hydrogens (tertiary/aromatic N) is 12. The van der Waals surface area contributed by atoms with Crippen LogP contribution < -0.4 is 21.2 Å². The Morgan fingerprint density at radius 3 is 1.02 bits per heavy atom. The highest BCUT2D eigenvalue weighted by Crippen LogP contribution is 2.39. The lowest BCUT2D eigenvalue weighted by Crippen LogP contribution is -2.41. The van der Waals surface area contributed by atoms with Crippen molar-refractivity contribution >= 4 is 91.9 Å². The molecule has 1 aliphatic heterocycles. The van der Waals surface area contributed by atoms with Crippen LogP contribution in [-0.2, 0) is 18.8 Å². The van der Waals surface area contributed by atoms with Crippen LogP contribution >= 0.6 is 27.7 Å². The third kappa shape index (κ3) is 21.4. The van der Waals surface area contributed by atoms with Gasteiger partial charge in [0.1, 0.15) is 29.0 Å². The number of imidazole rings is 4.